The molecule has 0 bridgehead atoms. The fourth-order valence-electron chi connectivity index (χ4n) is 2.51. The summed E-state index contributed by atoms with van der Waals surface area (Å²) in [5, 5.41) is 3.47. The molecule has 1 aliphatic heterocycles. The molecule has 1 rings (SSSR count). The van der Waals surface area contributed by atoms with Crippen LogP contribution in [-0.2, 0) is 0 Å². The van der Waals surface area contributed by atoms with Crippen LogP contribution in [0.4, 0.5) is 0 Å². The van der Waals surface area contributed by atoms with Crippen molar-refractivity contribution < 1.29 is 0 Å². The van der Waals surface area contributed by atoms with Crippen LogP contribution in [0.1, 0.15) is 40.0 Å². The molecule has 2 nitrogen and oxygen atoms in total. The van der Waals surface area contributed by atoms with Crippen LogP contribution in [0.3, 0.4) is 0 Å². The fraction of sp³-hybridized carbons (Fsp3) is 1.00. The second-order valence-corrected chi connectivity index (χ2v) is 4.90. The lowest BCUT2D eigenvalue weighted by Crippen LogP contribution is -2.29. The summed E-state index contributed by atoms with van der Waals surface area (Å²) >= 11 is 0. The third-order valence-corrected chi connectivity index (χ3v) is 3.72. The van der Waals surface area contributed by atoms with Crippen molar-refractivity contribution in [1.29, 1.82) is 0 Å². The first-order chi connectivity index (χ1) is 7.30. The summed E-state index contributed by atoms with van der Waals surface area (Å²) in [6.45, 7) is 13.1. The number of hydrogen-bond donors (Lipinski definition) is 1. The van der Waals surface area contributed by atoms with E-state index in [1.807, 2.05) is 0 Å². The van der Waals surface area contributed by atoms with Crippen LogP contribution >= 0.6 is 0 Å². The first-order valence-corrected chi connectivity index (χ1v) is 6.73. The molecule has 1 heterocycles. The zero-order valence-electron chi connectivity index (χ0n) is 10.8. The summed E-state index contributed by atoms with van der Waals surface area (Å²) in [7, 11) is 0. The van der Waals surface area contributed by atoms with Gasteiger partial charge in [0.2, 0.25) is 0 Å². The predicted octanol–water partition coefficient (Wildman–Crippen LogP) is 2.35. The normalized spacial score (nSPS) is 22.8. The molecule has 90 valence electrons. The van der Waals surface area contributed by atoms with Crippen molar-refractivity contribution in [1.82, 2.24) is 10.2 Å². The molecule has 1 N–H and O–H groups in total. The van der Waals surface area contributed by atoms with Crippen molar-refractivity contribution in [2.24, 2.45) is 11.8 Å². The third-order valence-electron chi connectivity index (χ3n) is 3.72. The second-order valence-electron chi connectivity index (χ2n) is 4.90. The van der Waals surface area contributed by atoms with Gasteiger partial charge in [0.25, 0.3) is 0 Å². The van der Waals surface area contributed by atoms with E-state index in [2.05, 4.69) is 31.0 Å². The Morgan fingerprint density at radius 3 is 2.60 bits per heavy atom. The van der Waals surface area contributed by atoms with Gasteiger partial charge in [0.1, 0.15) is 0 Å². The maximum atomic E-state index is 3.47. The number of rotatable bonds is 7. The molecule has 15 heavy (non-hydrogen) atoms. The van der Waals surface area contributed by atoms with Crippen LogP contribution < -0.4 is 5.32 Å². The van der Waals surface area contributed by atoms with Crippen LogP contribution in [-0.4, -0.2) is 37.6 Å². The molecule has 0 saturated carbocycles. The maximum Gasteiger partial charge on any atom is 0.00224 e. The van der Waals surface area contributed by atoms with E-state index in [1.54, 1.807) is 0 Å². The highest BCUT2D eigenvalue weighted by atomic mass is 15.1. The monoisotopic (exact) mass is 212 g/mol. The van der Waals surface area contributed by atoms with Crippen molar-refractivity contribution >= 4 is 0 Å². The SMILES string of the molecule is CCNCC1CCN(CC(CC)CC)C1. The Morgan fingerprint density at radius 1 is 1.27 bits per heavy atom. The van der Waals surface area contributed by atoms with Gasteiger partial charge in [-0.25, -0.2) is 0 Å². The standard InChI is InChI=1S/C13H28N2/c1-4-12(5-2)10-15-8-7-13(11-15)9-14-6-3/h12-14H,4-11H2,1-3H3. The summed E-state index contributed by atoms with van der Waals surface area (Å²) in [5.74, 6) is 1.82. The number of likely N-dealkylation sites (tertiary alicyclic amines) is 1. The zero-order chi connectivity index (χ0) is 11.1. The average molecular weight is 212 g/mol. The van der Waals surface area contributed by atoms with Crippen molar-refractivity contribution in [2.45, 2.75) is 40.0 Å². The lowest BCUT2D eigenvalue weighted by Gasteiger charge is -2.21. The van der Waals surface area contributed by atoms with Gasteiger partial charge in [0.05, 0.1) is 0 Å². The minimum atomic E-state index is 0.902. The summed E-state index contributed by atoms with van der Waals surface area (Å²) in [6.07, 6.45) is 4.07. The van der Waals surface area contributed by atoms with E-state index in [0.29, 0.717) is 0 Å². The third kappa shape index (κ3) is 4.52. The molecule has 1 saturated heterocycles. The van der Waals surface area contributed by atoms with Gasteiger partial charge in [0, 0.05) is 13.1 Å². The molecular formula is C13H28N2. The minimum absolute atomic E-state index is 0.902. The van der Waals surface area contributed by atoms with Gasteiger partial charge in [-0.1, -0.05) is 33.6 Å². The molecule has 1 unspecified atom stereocenters. The van der Waals surface area contributed by atoms with Crippen LogP contribution in [0.5, 0.6) is 0 Å². The molecule has 0 spiro atoms. The first kappa shape index (κ1) is 13.0. The molecule has 2 heteroatoms. The Labute approximate surface area is 95.4 Å². The molecule has 1 fully saturated rings. The quantitative estimate of drug-likeness (QED) is 0.697. The first-order valence-electron chi connectivity index (χ1n) is 6.73. The molecule has 0 aliphatic carbocycles. The van der Waals surface area contributed by atoms with Gasteiger partial charge in [0.15, 0.2) is 0 Å². The van der Waals surface area contributed by atoms with Crippen LogP contribution in [0.25, 0.3) is 0 Å². The Balaban J connectivity index is 2.17. The summed E-state index contributed by atoms with van der Waals surface area (Å²) in [4.78, 5) is 2.67. The van der Waals surface area contributed by atoms with E-state index >= 15 is 0 Å². The Hall–Kier alpha value is -0.0800. The van der Waals surface area contributed by atoms with E-state index in [0.717, 1.165) is 18.4 Å². The summed E-state index contributed by atoms with van der Waals surface area (Å²) in [5.41, 5.74) is 0. The van der Waals surface area contributed by atoms with E-state index < -0.39 is 0 Å². The lowest BCUT2D eigenvalue weighted by molar-refractivity contribution is 0.259. The molecule has 0 aromatic carbocycles. The Morgan fingerprint density at radius 2 is 2.00 bits per heavy atom. The van der Waals surface area contributed by atoms with Gasteiger partial charge in [-0.2, -0.15) is 0 Å². The highest BCUT2D eigenvalue weighted by Gasteiger charge is 2.23. The number of nitrogens with zero attached hydrogens (tertiary/aromatic N) is 1. The van der Waals surface area contributed by atoms with Crippen molar-refractivity contribution in [3.8, 4) is 0 Å². The topological polar surface area (TPSA) is 15.3 Å². The molecule has 1 aliphatic rings. The van der Waals surface area contributed by atoms with Gasteiger partial charge in [-0.3, -0.25) is 0 Å². The fourth-order valence-corrected chi connectivity index (χ4v) is 2.51. The van der Waals surface area contributed by atoms with Gasteiger partial charge in [-0.15, -0.1) is 0 Å². The summed E-state index contributed by atoms with van der Waals surface area (Å²) < 4.78 is 0. The van der Waals surface area contributed by atoms with Crippen molar-refractivity contribution in [2.75, 3.05) is 32.7 Å². The van der Waals surface area contributed by atoms with Crippen molar-refractivity contribution in [3.63, 3.8) is 0 Å². The highest BCUT2D eigenvalue weighted by molar-refractivity contribution is 4.78. The maximum absolute atomic E-state index is 3.47. The molecular weight excluding hydrogens is 184 g/mol. The van der Waals surface area contributed by atoms with Crippen LogP contribution in [0, 0.1) is 11.8 Å². The summed E-state index contributed by atoms with van der Waals surface area (Å²) in [6, 6.07) is 0. The molecule has 0 aromatic rings. The van der Waals surface area contributed by atoms with E-state index in [1.165, 1.54) is 45.4 Å². The Kier molecular flexibility index (Phi) is 6.26. The predicted molar refractivity (Wildman–Crippen MR) is 67.2 cm³/mol. The van der Waals surface area contributed by atoms with E-state index in [9.17, 15) is 0 Å². The second kappa shape index (κ2) is 7.24. The van der Waals surface area contributed by atoms with Gasteiger partial charge < -0.3 is 10.2 Å². The molecule has 0 aromatic heterocycles. The average Bonchev–Trinajstić information content (AvgIpc) is 2.70. The van der Waals surface area contributed by atoms with Crippen molar-refractivity contribution in [3.05, 3.63) is 0 Å². The smallest absolute Gasteiger partial charge is 0.00224 e. The molecule has 1 atom stereocenters. The van der Waals surface area contributed by atoms with E-state index in [-0.39, 0.29) is 0 Å². The van der Waals surface area contributed by atoms with Crippen LogP contribution in [0.2, 0.25) is 0 Å². The number of hydrogen-bond acceptors (Lipinski definition) is 2. The van der Waals surface area contributed by atoms with Gasteiger partial charge in [-0.05, 0) is 37.9 Å². The van der Waals surface area contributed by atoms with E-state index in [4.69, 9.17) is 0 Å². The molecule has 0 radical (unpaired) electrons. The lowest BCUT2D eigenvalue weighted by atomic mass is 10.0. The Bertz CT molecular complexity index is 155. The van der Waals surface area contributed by atoms with Crippen LogP contribution in [0.15, 0.2) is 0 Å². The van der Waals surface area contributed by atoms with Gasteiger partial charge >= 0.3 is 0 Å². The number of nitrogens with one attached hydrogen (secondary N) is 1. The molecule has 0 amide bonds. The zero-order valence-corrected chi connectivity index (χ0v) is 10.8. The minimum Gasteiger partial charge on any atom is -0.317 e. The largest absolute Gasteiger partial charge is 0.317 e. The highest BCUT2D eigenvalue weighted by Crippen LogP contribution is 2.19.